The lowest BCUT2D eigenvalue weighted by atomic mass is 10.1. The van der Waals surface area contributed by atoms with Gasteiger partial charge in [0.1, 0.15) is 0 Å². The lowest BCUT2D eigenvalue weighted by molar-refractivity contribution is -0.0283. The Balaban J connectivity index is 0.000000571. The molecule has 0 spiro atoms. The maximum Gasteiger partial charge on any atom is 0.0600 e. The molecule has 0 aromatic heterocycles. The molecule has 44 heavy (non-hydrogen) atoms. The van der Waals surface area contributed by atoms with Crippen LogP contribution in [-0.4, -0.2) is 137 Å². The maximum absolute atomic E-state index is 5.69. The molecule has 3 aliphatic rings. The van der Waals surface area contributed by atoms with Crippen LogP contribution in [0.15, 0.2) is 0 Å². The molecule has 0 saturated carbocycles. The second-order valence-electron chi connectivity index (χ2n) is 16.0. The Morgan fingerprint density at radius 3 is 1.32 bits per heavy atom. The molecule has 0 aromatic carbocycles. The van der Waals surface area contributed by atoms with Gasteiger partial charge in [-0.15, -0.1) is 0 Å². The fraction of sp³-hybridized carbons (Fsp3) is 1.00. The van der Waals surface area contributed by atoms with Crippen molar-refractivity contribution in [2.45, 2.75) is 125 Å². The second-order valence-corrected chi connectivity index (χ2v) is 16.0. The quantitative estimate of drug-likeness (QED) is 0.228. The van der Waals surface area contributed by atoms with Crippen LogP contribution in [0.3, 0.4) is 0 Å². The molecule has 7 heteroatoms. The van der Waals surface area contributed by atoms with Crippen molar-refractivity contribution >= 4 is 0 Å². The van der Waals surface area contributed by atoms with Gasteiger partial charge < -0.3 is 28.9 Å². The van der Waals surface area contributed by atoms with Crippen LogP contribution >= 0.6 is 0 Å². The second kappa shape index (κ2) is 25.8. The van der Waals surface area contributed by atoms with Gasteiger partial charge in [-0.25, -0.2) is 0 Å². The van der Waals surface area contributed by atoms with Crippen LogP contribution in [0, 0.1) is 11.8 Å². The molecule has 3 fully saturated rings. The average molecular weight is 629 g/mol. The monoisotopic (exact) mass is 629 g/mol. The zero-order chi connectivity index (χ0) is 33.4. The number of morpholine rings is 1. The summed E-state index contributed by atoms with van der Waals surface area (Å²) in [5, 5.41) is 0. The third-order valence-corrected chi connectivity index (χ3v) is 7.81. The van der Waals surface area contributed by atoms with E-state index in [1.165, 1.54) is 84.2 Å². The minimum absolute atomic E-state index is 0.00765. The van der Waals surface area contributed by atoms with Gasteiger partial charge in [-0.05, 0) is 145 Å². The first-order valence-corrected chi connectivity index (χ1v) is 18.2. The van der Waals surface area contributed by atoms with Crippen molar-refractivity contribution in [3.8, 4) is 0 Å². The third-order valence-electron chi connectivity index (χ3n) is 7.81. The highest BCUT2D eigenvalue weighted by Gasteiger charge is 2.14. The Hall–Kier alpha value is -0.280. The number of ether oxygens (including phenoxy) is 3. The number of nitrogens with zero attached hydrogens (tertiary/aromatic N) is 4. The summed E-state index contributed by atoms with van der Waals surface area (Å²) in [5.74, 6) is 1.72. The van der Waals surface area contributed by atoms with Crippen LogP contribution in [0.4, 0.5) is 0 Å². The van der Waals surface area contributed by atoms with Gasteiger partial charge in [-0.2, -0.15) is 0 Å². The number of hydrogen-bond donors (Lipinski definition) is 0. The predicted octanol–water partition coefficient (Wildman–Crippen LogP) is 7.14. The highest BCUT2D eigenvalue weighted by molar-refractivity contribution is 4.67. The smallest absolute Gasteiger partial charge is 0.0600 e. The fourth-order valence-electron chi connectivity index (χ4n) is 4.93. The minimum Gasteiger partial charge on any atom is -0.379 e. The Labute approximate surface area is 276 Å². The van der Waals surface area contributed by atoms with Crippen LogP contribution in [0.1, 0.15) is 114 Å². The molecule has 0 N–H and O–H groups in total. The fourth-order valence-corrected chi connectivity index (χ4v) is 4.93. The largest absolute Gasteiger partial charge is 0.379 e. The summed E-state index contributed by atoms with van der Waals surface area (Å²) in [6.45, 7) is 37.2. The number of likely N-dealkylation sites (tertiary alicyclic amines) is 2. The van der Waals surface area contributed by atoms with Gasteiger partial charge in [0.2, 0.25) is 0 Å². The van der Waals surface area contributed by atoms with Crippen LogP contribution in [-0.2, 0) is 14.2 Å². The van der Waals surface area contributed by atoms with E-state index in [2.05, 4.69) is 103 Å². The van der Waals surface area contributed by atoms with E-state index in [0.29, 0.717) is 0 Å². The van der Waals surface area contributed by atoms with E-state index in [4.69, 9.17) is 14.2 Å². The molecule has 0 amide bonds. The molecule has 0 aliphatic carbocycles. The molecule has 0 radical (unpaired) electrons. The van der Waals surface area contributed by atoms with Gasteiger partial charge in [0.15, 0.2) is 0 Å². The van der Waals surface area contributed by atoms with E-state index in [1.807, 2.05) is 0 Å². The number of rotatable bonds is 12. The predicted molar refractivity (Wildman–Crippen MR) is 192 cm³/mol. The molecule has 3 rings (SSSR count). The van der Waals surface area contributed by atoms with Gasteiger partial charge in [0.05, 0.1) is 37.6 Å². The van der Waals surface area contributed by atoms with Gasteiger partial charge in [-0.3, -0.25) is 4.90 Å². The van der Waals surface area contributed by atoms with Crippen LogP contribution in [0.2, 0.25) is 0 Å². The summed E-state index contributed by atoms with van der Waals surface area (Å²) in [5.41, 5.74) is 0.0159. The van der Waals surface area contributed by atoms with Crippen molar-refractivity contribution in [3.63, 3.8) is 0 Å². The van der Waals surface area contributed by atoms with Crippen LogP contribution in [0.5, 0.6) is 0 Å². The first-order chi connectivity index (χ1) is 20.6. The van der Waals surface area contributed by atoms with Gasteiger partial charge >= 0.3 is 0 Å². The zero-order valence-electron chi connectivity index (χ0n) is 32.0. The Bertz CT molecular complexity index is 571. The standard InChI is InChI=1S/C11H23NO.C10H21NO2.C9H19N.C7H17N/c1-11(2,3)13-10-9-12-7-5-4-6-8-12;1-10(2,3)13-9-6-11-4-7-12-8-5-11;1-9(2)5-8-10-6-3-4-7-10;1-7(2)5-6-8(3)4/h4-10H2,1-3H3;4-9H2,1-3H3;9H,3-8H2,1-2H3;7H,5-6H2,1-4H3. The maximum atomic E-state index is 5.69. The Kier molecular flexibility index (Phi) is 25.6. The molecule has 3 heterocycles. The summed E-state index contributed by atoms with van der Waals surface area (Å²) < 4.78 is 16.6. The summed E-state index contributed by atoms with van der Waals surface area (Å²) in [4.78, 5) is 9.70. The summed E-state index contributed by atoms with van der Waals surface area (Å²) in [6, 6.07) is 0. The molecule has 0 atom stereocenters. The number of piperidine rings is 1. The SMILES string of the molecule is CC(C)(C)OCCN1CCCCC1.CC(C)(C)OCCN1CCOCC1.CC(C)CCN(C)C.CC(C)CCN1CCCC1. The third kappa shape index (κ3) is 31.7. The van der Waals surface area contributed by atoms with Crippen molar-refractivity contribution in [1.29, 1.82) is 0 Å². The molecule has 3 aliphatic heterocycles. The van der Waals surface area contributed by atoms with Gasteiger partial charge in [-0.1, -0.05) is 34.1 Å². The van der Waals surface area contributed by atoms with Crippen molar-refractivity contribution in [2.75, 3.05) is 106 Å². The number of hydrogen-bond acceptors (Lipinski definition) is 7. The molecule has 7 nitrogen and oxygen atoms in total. The first-order valence-electron chi connectivity index (χ1n) is 18.2. The van der Waals surface area contributed by atoms with E-state index >= 15 is 0 Å². The lowest BCUT2D eigenvalue weighted by Crippen LogP contribution is -2.39. The normalized spacial score (nSPS) is 18.9. The lowest BCUT2D eigenvalue weighted by Gasteiger charge is -2.28. The molecule has 0 aromatic rings. The van der Waals surface area contributed by atoms with E-state index < -0.39 is 0 Å². The molecule has 266 valence electrons. The summed E-state index contributed by atoms with van der Waals surface area (Å²) >= 11 is 0. The van der Waals surface area contributed by atoms with E-state index in [-0.39, 0.29) is 11.2 Å². The van der Waals surface area contributed by atoms with Crippen molar-refractivity contribution in [2.24, 2.45) is 11.8 Å². The molecule has 3 saturated heterocycles. The Morgan fingerprint density at radius 1 is 0.568 bits per heavy atom. The molecular weight excluding hydrogens is 548 g/mol. The highest BCUT2D eigenvalue weighted by atomic mass is 16.5. The van der Waals surface area contributed by atoms with Crippen molar-refractivity contribution < 1.29 is 14.2 Å². The van der Waals surface area contributed by atoms with Gasteiger partial charge in [0, 0.05) is 26.2 Å². The summed E-state index contributed by atoms with van der Waals surface area (Å²) in [7, 11) is 4.23. The topological polar surface area (TPSA) is 40.7 Å². The van der Waals surface area contributed by atoms with Crippen molar-refractivity contribution in [1.82, 2.24) is 19.6 Å². The summed E-state index contributed by atoms with van der Waals surface area (Å²) in [6.07, 6.45) is 9.70. The van der Waals surface area contributed by atoms with Crippen LogP contribution in [0.25, 0.3) is 0 Å². The highest BCUT2D eigenvalue weighted by Crippen LogP contribution is 2.11. The van der Waals surface area contributed by atoms with Crippen molar-refractivity contribution in [3.05, 3.63) is 0 Å². The average Bonchev–Trinajstić information content (AvgIpc) is 3.46. The van der Waals surface area contributed by atoms with E-state index in [1.54, 1.807) is 0 Å². The molecular formula is C37H80N4O3. The Morgan fingerprint density at radius 2 is 0.955 bits per heavy atom. The zero-order valence-corrected chi connectivity index (χ0v) is 32.0. The van der Waals surface area contributed by atoms with Crippen LogP contribution < -0.4 is 0 Å². The molecule has 0 bridgehead atoms. The molecule has 0 unspecified atom stereocenters. The van der Waals surface area contributed by atoms with E-state index in [9.17, 15) is 0 Å². The minimum atomic E-state index is -0.00765. The van der Waals surface area contributed by atoms with Gasteiger partial charge in [0.25, 0.3) is 0 Å². The van der Waals surface area contributed by atoms with E-state index in [0.717, 1.165) is 64.4 Å². The first kappa shape index (κ1) is 43.7.